The summed E-state index contributed by atoms with van der Waals surface area (Å²) < 4.78 is 83.8. The van der Waals surface area contributed by atoms with Gasteiger partial charge < -0.3 is 4.74 Å². The summed E-state index contributed by atoms with van der Waals surface area (Å²) in [5.74, 6) is -2.80. The van der Waals surface area contributed by atoms with Crippen LogP contribution in [0.15, 0.2) is 48.8 Å². The molecule has 0 unspecified atom stereocenters. The number of alkyl halides is 6. The molecule has 2 heterocycles. The number of hydrogen-bond donors (Lipinski definition) is 2. The van der Waals surface area contributed by atoms with E-state index in [1.807, 2.05) is 0 Å². The molecule has 0 bridgehead atoms. The van der Waals surface area contributed by atoms with Crippen LogP contribution in [-0.2, 0) is 6.18 Å². The van der Waals surface area contributed by atoms with Crippen LogP contribution in [0.3, 0.4) is 0 Å². The summed E-state index contributed by atoms with van der Waals surface area (Å²) in [6, 6.07) is 6.87. The molecular weight excluding hydrogens is 428 g/mol. The highest BCUT2D eigenvalue weighted by atomic mass is 19.4. The second-order valence-corrected chi connectivity index (χ2v) is 6.32. The van der Waals surface area contributed by atoms with Gasteiger partial charge in [0.2, 0.25) is 11.7 Å². The third kappa shape index (κ3) is 4.73. The van der Waals surface area contributed by atoms with Crippen LogP contribution in [-0.4, -0.2) is 26.8 Å². The first kappa shape index (κ1) is 22.0. The highest BCUT2D eigenvalue weighted by Gasteiger charge is 2.37. The van der Waals surface area contributed by atoms with Gasteiger partial charge in [-0.05, 0) is 36.8 Å². The number of hydrogen-bond acceptors (Lipinski definition) is 5. The molecule has 0 fully saturated rings. The lowest BCUT2D eigenvalue weighted by Crippen LogP contribution is -2.39. The van der Waals surface area contributed by atoms with Crippen molar-refractivity contribution in [2.75, 3.05) is 0 Å². The van der Waals surface area contributed by atoms with Crippen molar-refractivity contribution in [3.63, 3.8) is 0 Å². The number of nitrogens with zero attached hydrogens (tertiary/aromatic N) is 3. The maximum atomic E-state index is 13.2. The minimum atomic E-state index is -5.10. The van der Waals surface area contributed by atoms with Gasteiger partial charge in [0.15, 0.2) is 5.49 Å². The van der Waals surface area contributed by atoms with E-state index in [0.717, 1.165) is 18.2 Å². The number of nitrogens with one attached hydrogen (secondary N) is 2. The molecule has 12 heteroatoms. The fourth-order valence-electron chi connectivity index (χ4n) is 2.59. The molecule has 0 saturated carbocycles. The Hall–Kier alpha value is -3.70. The van der Waals surface area contributed by atoms with Crippen LogP contribution >= 0.6 is 0 Å². The minimum absolute atomic E-state index is 0.00201. The van der Waals surface area contributed by atoms with E-state index in [4.69, 9.17) is 15.6 Å². The standard InChI is InChI=1S/C19H13F6N5O/c1-10-7-15(29-30(16(10)26)17(27)19(23,24)25)31-14-8-12(18(20,21)22)4-5-13(14)11-3-2-6-28-9-11/h2-9,26-27H,1H3. The lowest BCUT2D eigenvalue weighted by Gasteiger charge is -2.16. The Bertz CT molecular complexity index is 1190. The molecule has 1 aromatic carbocycles. The lowest BCUT2D eigenvalue weighted by atomic mass is 10.0. The maximum absolute atomic E-state index is 13.2. The molecule has 31 heavy (non-hydrogen) atoms. The number of benzene rings is 1. The minimum Gasteiger partial charge on any atom is -0.437 e. The summed E-state index contributed by atoms with van der Waals surface area (Å²) in [5.41, 5.74) is -1.20. The Labute approximate surface area is 170 Å². The summed E-state index contributed by atoms with van der Waals surface area (Å²) in [5, 5.41) is 18.4. The van der Waals surface area contributed by atoms with Crippen molar-refractivity contribution < 1.29 is 31.1 Å². The van der Waals surface area contributed by atoms with Crippen LogP contribution in [0.4, 0.5) is 26.3 Å². The van der Waals surface area contributed by atoms with Crippen molar-refractivity contribution in [1.82, 2.24) is 14.8 Å². The highest BCUT2D eigenvalue weighted by Crippen LogP contribution is 2.38. The smallest absolute Gasteiger partial charge is 0.437 e. The van der Waals surface area contributed by atoms with Gasteiger partial charge in [-0.15, -0.1) is 5.10 Å². The molecule has 6 nitrogen and oxygen atoms in total. The molecule has 2 N–H and O–H groups in total. The van der Waals surface area contributed by atoms with Crippen LogP contribution < -0.4 is 10.2 Å². The molecule has 0 amide bonds. The van der Waals surface area contributed by atoms with Gasteiger partial charge in [0.05, 0.1) is 5.56 Å². The quantitative estimate of drug-likeness (QED) is 0.343. The van der Waals surface area contributed by atoms with E-state index < -0.39 is 35.1 Å². The maximum Gasteiger partial charge on any atom is 0.451 e. The van der Waals surface area contributed by atoms with Gasteiger partial charge in [-0.1, -0.05) is 6.07 Å². The molecule has 0 spiro atoms. The average molecular weight is 441 g/mol. The van der Waals surface area contributed by atoms with Crippen molar-refractivity contribution in [2.24, 2.45) is 0 Å². The number of halogens is 6. The van der Waals surface area contributed by atoms with E-state index in [1.165, 1.54) is 19.3 Å². The predicted octanol–water partition coefficient (Wildman–Crippen LogP) is 4.93. The third-order valence-corrected chi connectivity index (χ3v) is 4.10. The number of aryl methyl sites for hydroxylation is 1. The molecule has 0 aliphatic rings. The van der Waals surface area contributed by atoms with Crippen LogP contribution in [0.2, 0.25) is 0 Å². The largest absolute Gasteiger partial charge is 0.451 e. The Morgan fingerprint density at radius 1 is 1.06 bits per heavy atom. The lowest BCUT2D eigenvalue weighted by molar-refractivity contribution is -0.137. The Kier molecular flexibility index (Phi) is 5.57. The van der Waals surface area contributed by atoms with Crippen molar-refractivity contribution in [1.29, 1.82) is 10.8 Å². The molecule has 0 aliphatic carbocycles. The topological polar surface area (TPSA) is 87.6 Å². The zero-order valence-corrected chi connectivity index (χ0v) is 15.6. The SMILES string of the molecule is Cc1cc(Oc2cc(C(F)(F)F)ccc2-c2cccnc2)nn(C(=N)C(F)(F)F)c1=N. The molecule has 0 radical (unpaired) electrons. The first-order chi connectivity index (χ1) is 14.4. The van der Waals surface area contributed by atoms with Crippen molar-refractivity contribution in [3.8, 4) is 22.8 Å². The number of aromatic nitrogens is 3. The zero-order valence-electron chi connectivity index (χ0n) is 15.6. The Balaban J connectivity index is 2.14. The Morgan fingerprint density at radius 3 is 2.35 bits per heavy atom. The molecule has 0 saturated heterocycles. The van der Waals surface area contributed by atoms with Gasteiger partial charge in [0, 0.05) is 29.6 Å². The monoisotopic (exact) mass is 441 g/mol. The van der Waals surface area contributed by atoms with E-state index in [9.17, 15) is 26.3 Å². The molecule has 0 atom stereocenters. The van der Waals surface area contributed by atoms with E-state index in [2.05, 4.69) is 10.1 Å². The second-order valence-electron chi connectivity index (χ2n) is 6.32. The van der Waals surface area contributed by atoms with Crippen LogP contribution in [0.5, 0.6) is 11.6 Å². The molecule has 0 aliphatic heterocycles. The fourth-order valence-corrected chi connectivity index (χ4v) is 2.59. The first-order valence-corrected chi connectivity index (χ1v) is 8.49. The highest BCUT2D eigenvalue weighted by molar-refractivity contribution is 5.85. The number of pyridine rings is 1. The summed E-state index contributed by atoms with van der Waals surface area (Å²) in [6.07, 6.45) is -6.97. The van der Waals surface area contributed by atoms with Crippen molar-refractivity contribution in [3.05, 3.63) is 65.4 Å². The normalized spacial score (nSPS) is 12.0. The van der Waals surface area contributed by atoms with E-state index >= 15 is 0 Å². The van der Waals surface area contributed by atoms with Crippen LogP contribution in [0, 0.1) is 17.7 Å². The van der Waals surface area contributed by atoms with E-state index in [0.29, 0.717) is 11.6 Å². The molecular formula is C19H13F6N5O. The summed E-state index contributed by atoms with van der Waals surface area (Å²) >= 11 is 0. The fraction of sp³-hybridized carbons (Fsp3) is 0.158. The molecule has 3 aromatic rings. The van der Waals surface area contributed by atoms with Crippen molar-refractivity contribution >= 4 is 5.84 Å². The van der Waals surface area contributed by atoms with E-state index in [1.54, 1.807) is 12.1 Å². The van der Waals surface area contributed by atoms with Crippen LogP contribution in [0.1, 0.15) is 11.1 Å². The molecule has 2 aromatic heterocycles. The third-order valence-electron chi connectivity index (χ3n) is 4.10. The summed E-state index contributed by atoms with van der Waals surface area (Å²) in [7, 11) is 0. The van der Waals surface area contributed by atoms with E-state index in [-0.39, 0.29) is 21.6 Å². The van der Waals surface area contributed by atoms with Gasteiger partial charge in [0.25, 0.3) is 0 Å². The number of rotatable bonds is 3. The van der Waals surface area contributed by atoms with Gasteiger partial charge >= 0.3 is 12.4 Å². The average Bonchev–Trinajstić information content (AvgIpc) is 2.69. The van der Waals surface area contributed by atoms with Crippen LogP contribution in [0.25, 0.3) is 11.1 Å². The Morgan fingerprint density at radius 2 is 1.77 bits per heavy atom. The molecule has 162 valence electrons. The predicted molar refractivity (Wildman–Crippen MR) is 96.7 cm³/mol. The van der Waals surface area contributed by atoms with Gasteiger partial charge in [-0.2, -0.15) is 31.0 Å². The van der Waals surface area contributed by atoms with Crippen molar-refractivity contribution in [2.45, 2.75) is 19.3 Å². The van der Waals surface area contributed by atoms with Gasteiger partial charge in [0.1, 0.15) is 5.75 Å². The number of ether oxygens (including phenoxy) is 1. The second kappa shape index (κ2) is 7.85. The summed E-state index contributed by atoms with van der Waals surface area (Å²) in [6.45, 7) is 1.28. The summed E-state index contributed by atoms with van der Waals surface area (Å²) in [4.78, 5) is 3.90. The van der Waals surface area contributed by atoms with Gasteiger partial charge in [-0.3, -0.25) is 15.8 Å². The van der Waals surface area contributed by atoms with Gasteiger partial charge in [-0.25, -0.2) is 0 Å². The molecule has 3 rings (SSSR count). The zero-order chi connectivity index (χ0) is 23.0. The first-order valence-electron chi connectivity index (χ1n) is 8.49.